The Labute approximate surface area is 103 Å². The number of carbonyl (C=O) groups excluding carboxylic acids is 1. The first-order valence-corrected chi connectivity index (χ1v) is 5.65. The van der Waals surface area contributed by atoms with Crippen LogP contribution >= 0.6 is 31.9 Å². The lowest BCUT2D eigenvalue weighted by molar-refractivity contribution is 0.0976. The van der Waals surface area contributed by atoms with Crippen LogP contribution in [0.4, 0.5) is 4.79 Å². The van der Waals surface area contributed by atoms with Crippen LogP contribution in [-0.2, 0) is 0 Å². The van der Waals surface area contributed by atoms with Crippen LogP contribution < -0.4 is 5.32 Å². The second-order valence-electron chi connectivity index (χ2n) is 2.68. The Morgan fingerprint density at radius 3 is 2.27 bits per heavy atom. The standard InChI is InChI=1S/C9H7Br2NO3/c10-6-3-1-5(2-4-6)7(13)8(11)12-9(14)15/h1-4,8,12H,(H,14,15). The molecule has 0 bridgehead atoms. The highest BCUT2D eigenvalue weighted by molar-refractivity contribution is 9.10. The Kier molecular flexibility index (Phi) is 4.28. The average Bonchev–Trinajstić information content (AvgIpc) is 2.17. The third kappa shape index (κ3) is 3.64. The molecule has 1 aromatic rings. The van der Waals surface area contributed by atoms with Gasteiger partial charge < -0.3 is 10.4 Å². The molecular weight excluding hydrogens is 330 g/mol. The van der Waals surface area contributed by atoms with E-state index >= 15 is 0 Å². The van der Waals surface area contributed by atoms with Gasteiger partial charge in [-0.1, -0.05) is 44.0 Å². The van der Waals surface area contributed by atoms with Crippen molar-refractivity contribution in [2.75, 3.05) is 0 Å². The van der Waals surface area contributed by atoms with Crippen LogP contribution in [-0.4, -0.2) is 21.9 Å². The molecule has 0 radical (unpaired) electrons. The maximum atomic E-state index is 11.6. The number of benzene rings is 1. The SMILES string of the molecule is O=C(O)NC(Br)C(=O)c1ccc(Br)cc1. The second-order valence-corrected chi connectivity index (χ2v) is 4.51. The molecule has 1 amide bonds. The number of Topliss-reactive ketones (excluding diaryl/α,β-unsaturated/α-hetero) is 1. The number of alkyl halides is 1. The van der Waals surface area contributed by atoms with E-state index in [2.05, 4.69) is 31.9 Å². The van der Waals surface area contributed by atoms with Crippen molar-refractivity contribution in [3.05, 3.63) is 34.3 Å². The Balaban J connectivity index is 2.76. The minimum absolute atomic E-state index is 0.329. The van der Waals surface area contributed by atoms with Crippen LogP contribution in [0.5, 0.6) is 0 Å². The van der Waals surface area contributed by atoms with E-state index in [4.69, 9.17) is 5.11 Å². The Morgan fingerprint density at radius 1 is 1.27 bits per heavy atom. The third-order valence-corrected chi connectivity index (χ3v) is 2.78. The van der Waals surface area contributed by atoms with Gasteiger partial charge in [-0.3, -0.25) is 4.79 Å². The van der Waals surface area contributed by atoms with Crippen molar-refractivity contribution in [1.82, 2.24) is 5.32 Å². The summed E-state index contributed by atoms with van der Waals surface area (Å²) >= 11 is 6.19. The van der Waals surface area contributed by atoms with E-state index in [0.29, 0.717) is 5.56 Å². The van der Waals surface area contributed by atoms with E-state index in [0.717, 1.165) is 4.47 Å². The molecule has 15 heavy (non-hydrogen) atoms. The van der Waals surface area contributed by atoms with Crippen LogP contribution in [0.3, 0.4) is 0 Å². The summed E-state index contributed by atoms with van der Waals surface area (Å²) in [5.41, 5.74) is 0.439. The van der Waals surface area contributed by atoms with Gasteiger partial charge in [-0.15, -0.1) is 0 Å². The van der Waals surface area contributed by atoms with Gasteiger partial charge in [-0.2, -0.15) is 0 Å². The number of halogens is 2. The van der Waals surface area contributed by atoms with E-state index in [1.807, 2.05) is 5.32 Å². The molecule has 4 nitrogen and oxygen atoms in total. The highest BCUT2D eigenvalue weighted by atomic mass is 79.9. The molecule has 0 aliphatic carbocycles. The maximum absolute atomic E-state index is 11.6. The molecule has 6 heteroatoms. The van der Waals surface area contributed by atoms with Gasteiger partial charge in [0.05, 0.1) is 0 Å². The molecule has 0 saturated heterocycles. The second kappa shape index (κ2) is 5.27. The molecule has 0 aromatic heterocycles. The number of carboxylic acid groups (broad SMARTS) is 1. The van der Waals surface area contributed by atoms with Crippen molar-refractivity contribution < 1.29 is 14.7 Å². The van der Waals surface area contributed by atoms with Gasteiger partial charge in [-0.25, -0.2) is 4.79 Å². The number of hydrogen-bond acceptors (Lipinski definition) is 2. The van der Waals surface area contributed by atoms with Gasteiger partial charge in [0.25, 0.3) is 0 Å². The fourth-order valence-electron chi connectivity index (χ4n) is 0.934. The molecule has 0 fully saturated rings. The first-order chi connectivity index (χ1) is 7.00. The summed E-state index contributed by atoms with van der Waals surface area (Å²) in [6.45, 7) is 0. The lowest BCUT2D eigenvalue weighted by atomic mass is 10.1. The largest absolute Gasteiger partial charge is 0.465 e. The zero-order valence-corrected chi connectivity index (χ0v) is 10.6. The smallest absolute Gasteiger partial charge is 0.405 e. The number of ketones is 1. The van der Waals surface area contributed by atoms with Crippen LogP contribution in [0.25, 0.3) is 0 Å². The van der Waals surface area contributed by atoms with Crippen molar-refractivity contribution in [2.45, 2.75) is 4.95 Å². The molecule has 0 aliphatic rings. The Hall–Kier alpha value is -0.880. The molecule has 1 rings (SSSR count). The highest BCUT2D eigenvalue weighted by Crippen LogP contribution is 2.13. The van der Waals surface area contributed by atoms with Crippen molar-refractivity contribution in [1.29, 1.82) is 0 Å². The van der Waals surface area contributed by atoms with Crippen molar-refractivity contribution in [2.24, 2.45) is 0 Å². The van der Waals surface area contributed by atoms with Crippen molar-refractivity contribution >= 4 is 43.7 Å². The number of carbonyl (C=O) groups is 2. The molecule has 0 saturated carbocycles. The van der Waals surface area contributed by atoms with Gasteiger partial charge in [0, 0.05) is 10.0 Å². The maximum Gasteiger partial charge on any atom is 0.405 e. The fraction of sp³-hybridized carbons (Fsp3) is 0.111. The highest BCUT2D eigenvalue weighted by Gasteiger charge is 2.18. The summed E-state index contributed by atoms with van der Waals surface area (Å²) in [5.74, 6) is -0.329. The van der Waals surface area contributed by atoms with E-state index < -0.39 is 11.0 Å². The van der Waals surface area contributed by atoms with Gasteiger partial charge in [0.1, 0.15) is 0 Å². The molecule has 0 aliphatic heterocycles. The molecule has 0 heterocycles. The molecular formula is C9H7Br2NO3. The van der Waals surface area contributed by atoms with E-state index in [1.165, 1.54) is 0 Å². The third-order valence-electron chi connectivity index (χ3n) is 1.61. The van der Waals surface area contributed by atoms with Crippen LogP contribution in [0.1, 0.15) is 10.4 Å². The molecule has 0 spiro atoms. The first kappa shape index (κ1) is 12.2. The molecule has 1 aromatic carbocycles. The zero-order chi connectivity index (χ0) is 11.4. The predicted octanol–water partition coefficient (Wildman–Crippen LogP) is 2.62. The van der Waals surface area contributed by atoms with Gasteiger partial charge in [0.2, 0.25) is 0 Å². The van der Waals surface area contributed by atoms with Crippen LogP contribution in [0, 0.1) is 0 Å². The summed E-state index contributed by atoms with van der Waals surface area (Å²) in [5, 5.41) is 10.5. The first-order valence-electron chi connectivity index (χ1n) is 3.94. The molecule has 1 atom stereocenters. The zero-order valence-electron chi connectivity index (χ0n) is 7.41. The van der Waals surface area contributed by atoms with Crippen molar-refractivity contribution in [3.63, 3.8) is 0 Å². The van der Waals surface area contributed by atoms with Crippen LogP contribution in [0.2, 0.25) is 0 Å². The molecule has 80 valence electrons. The molecule has 1 unspecified atom stereocenters. The summed E-state index contributed by atoms with van der Waals surface area (Å²) in [6, 6.07) is 6.66. The lowest BCUT2D eigenvalue weighted by Gasteiger charge is -2.08. The van der Waals surface area contributed by atoms with E-state index in [-0.39, 0.29) is 5.78 Å². The predicted molar refractivity (Wildman–Crippen MR) is 62.3 cm³/mol. The lowest BCUT2D eigenvalue weighted by Crippen LogP contribution is -2.35. The summed E-state index contributed by atoms with van der Waals surface area (Å²) in [7, 11) is 0. The van der Waals surface area contributed by atoms with Crippen molar-refractivity contribution in [3.8, 4) is 0 Å². The summed E-state index contributed by atoms with van der Waals surface area (Å²) < 4.78 is 0.858. The van der Waals surface area contributed by atoms with E-state index in [1.54, 1.807) is 24.3 Å². The van der Waals surface area contributed by atoms with Gasteiger partial charge in [0.15, 0.2) is 10.7 Å². The average molecular weight is 337 g/mol. The van der Waals surface area contributed by atoms with Gasteiger partial charge in [-0.05, 0) is 12.1 Å². The topological polar surface area (TPSA) is 66.4 Å². The van der Waals surface area contributed by atoms with Crippen LogP contribution in [0.15, 0.2) is 28.7 Å². The summed E-state index contributed by atoms with van der Waals surface area (Å²) in [4.78, 5) is 21.0. The Morgan fingerprint density at radius 2 is 1.80 bits per heavy atom. The number of amides is 1. The normalized spacial score (nSPS) is 11.9. The quantitative estimate of drug-likeness (QED) is 0.506. The number of rotatable bonds is 3. The summed E-state index contributed by atoms with van der Waals surface area (Å²) in [6.07, 6.45) is -1.25. The van der Waals surface area contributed by atoms with Gasteiger partial charge >= 0.3 is 6.09 Å². The fourth-order valence-corrected chi connectivity index (χ4v) is 1.66. The molecule has 2 N–H and O–H groups in total. The minimum Gasteiger partial charge on any atom is -0.465 e. The monoisotopic (exact) mass is 335 g/mol. The number of hydrogen-bond donors (Lipinski definition) is 2. The number of nitrogens with one attached hydrogen (secondary N) is 1. The Bertz CT molecular complexity index is 377. The van der Waals surface area contributed by atoms with E-state index in [9.17, 15) is 9.59 Å². The minimum atomic E-state index is -1.25.